The van der Waals surface area contributed by atoms with Crippen molar-refractivity contribution in [3.63, 3.8) is 0 Å². The molecule has 0 aromatic heterocycles. The van der Waals surface area contributed by atoms with Gasteiger partial charge in [-0.05, 0) is 73.0 Å². The van der Waals surface area contributed by atoms with Crippen molar-refractivity contribution in [1.82, 2.24) is 0 Å². The molecule has 0 heterocycles. The summed E-state index contributed by atoms with van der Waals surface area (Å²) in [7, 11) is 0. The van der Waals surface area contributed by atoms with Crippen molar-refractivity contribution >= 4 is 41.3 Å². The molecule has 4 rings (SSSR count). The van der Waals surface area contributed by atoms with E-state index >= 15 is 0 Å². The zero-order valence-electron chi connectivity index (χ0n) is 19.3. The molecular formula is C31H27NO2. The average molecular weight is 446 g/mol. The number of hydrogen-bond donors (Lipinski definition) is 1. The van der Waals surface area contributed by atoms with Gasteiger partial charge in [-0.3, -0.25) is 0 Å². The van der Waals surface area contributed by atoms with Crippen LogP contribution in [0.5, 0.6) is 0 Å². The lowest BCUT2D eigenvalue weighted by molar-refractivity contribution is -0.131. The third-order valence-corrected chi connectivity index (χ3v) is 5.56. The fraction of sp³-hybridized carbons (Fsp3) is 0.0645. The Balaban J connectivity index is 1.56. The van der Waals surface area contributed by atoms with Gasteiger partial charge < -0.3 is 10.0 Å². The fourth-order valence-corrected chi connectivity index (χ4v) is 3.65. The quantitative estimate of drug-likeness (QED) is 0.231. The first kappa shape index (κ1) is 22.8. The van der Waals surface area contributed by atoms with E-state index in [4.69, 9.17) is 5.11 Å². The van der Waals surface area contributed by atoms with Crippen LogP contribution in [0.3, 0.4) is 0 Å². The lowest BCUT2D eigenvalue weighted by Crippen LogP contribution is -2.09. The first-order chi connectivity index (χ1) is 16.5. The molecule has 0 aliphatic carbocycles. The third kappa shape index (κ3) is 5.90. The number of benzene rings is 4. The average Bonchev–Trinajstić information content (AvgIpc) is 2.85. The van der Waals surface area contributed by atoms with Gasteiger partial charge >= 0.3 is 5.97 Å². The Hall–Kier alpha value is -4.37. The van der Waals surface area contributed by atoms with E-state index < -0.39 is 5.97 Å². The molecule has 0 amide bonds. The third-order valence-electron chi connectivity index (χ3n) is 5.56. The van der Waals surface area contributed by atoms with E-state index in [-0.39, 0.29) is 0 Å². The van der Waals surface area contributed by atoms with E-state index in [1.165, 1.54) is 11.1 Å². The Kier molecular flexibility index (Phi) is 7.04. The van der Waals surface area contributed by atoms with Crippen molar-refractivity contribution in [2.24, 2.45) is 0 Å². The van der Waals surface area contributed by atoms with Crippen LogP contribution >= 0.6 is 0 Å². The van der Waals surface area contributed by atoms with Crippen LogP contribution < -0.4 is 4.90 Å². The van der Waals surface area contributed by atoms with Gasteiger partial charge in [-0.1, -0.05) is 83.9 Å². The Morgan fingerprint density at radius 1 is 0.559 bits per heavy atom. The number of hydrogen-bond acceptors (Lipinski definition) is 2. The maximum Gasteiger partial charge on any atom is 0.328 e. The van der Waals surface area contributed by atoms with Crippen LogP contribution in [-0.2, 0) is 4.79 Å². The molecule has 0 fully saturated rings. The molecular weight excluding hydrogens is 418 g/mol. The summed E-state index contributed by atoms with van der Waals surface area (Å²) in [5.41, 5.74) is 8.82. The number of nitrogens with zero attached hydrogens (tertiary/aromatic N) is 1. The highest BCUT2D eigenvalue weighted by Gasteiger charge is 2.12. The van der Waals surface area contributed by atoms with Crippen molar-refractivity contribution in [3.8, 4) is 0 Å². The number of aryl methyl sites for hydroxylation is 2. The molecule has 0 spiro atoms. The molecule has 0 saturated carbocycles. The lowest BCUT2D eigenvalue weighted by Gasteiger charge is -2.25. The molecule has 34 heavy (non-hydrogen) atoms. The minimum atomic E-state index is -0.948. The Morgan fingerprint density at radius 3 is 1.26 bits per heavy atom. The van der Waals surface area contributed by atoms with Gasteiger partial charge in [0.25, 0.3) is 0 Å². The van der Waals surface area contributed by atoms with Gasteiger partial charge in [0.15, 0.2) is 0 Å². The van der Waals surface area contributed by atoms with Crippen LogP contribution in [-0.4, -0.2) is 11.1 Å². The SMILES string of the molecule is Cc1ccc(N(c2ccc(C)cc2)c2ccc(C=Cc3ccc(C=CC(=O)O)cc3)cc2)cc1. The number of carboxylic acid groups (broad SMARTS) is 1. The predicted octanol–water partition coefficient (Wildman–Crippen LogP) is 8.04. The topological polar surface area (TPSA) is 40.5 Å². The van der Waals surface area contributed by atoms with E-state index in [1.807, 2.05) is 24.3 Å². The van der Waals surface area contributed by atoms with Crippen LogP contribution in [0.1, 0.15) is 27.8 Å². The first-order valence-corrected chi connectivity index (χ1v) is 11.2. The van der Waals surface area contributed by atoms with Crippen LogP contribution in [0.4, 0.5) is 17.1 Å². The van der Waals surface area contributed by atoms with E-state index in [0.717, 1.165) is 39.8 Å². The summed E-state index contributed by atoms with van der Waals surface area (Å²) < 4.78 is 0. The summed E-state index contributed by atoms with van der Waals surface area (Å²) in [6, 6.07) is 33.4. The van der Waals surface area contributed by atoms with Crippen molar-refractivity contribution in [3.05, 3.63) is 131 Å². The molecule has 4 aromatic carbocycles. The van der Waals surface area contributed by atoms with E-state index in [0.29, 0.717) is 0 Å². The number of rotatable bonds is 7. The molecule has 0 aliphatic heterocycles. The Labute approximate surface area is 200 Å². The summed E-state index contributed by atoms with van der Waals surface area (Å²) in [6.45, 7) is 4.20. The standard InChI is InChI=1S/C31H27NO2/c1-23-3-16-28(17-4-23)32(29-18-5-24(2)6-19-29)30-20-13-27(14-21-30)12-9-25-7-10-26(11-8-25)15-22-31(33)34/h3-22H,1-2H3,(H,33,34). The minimum absolute atomic E-state index is 0.858. The monoisotopic (exact) mass is 445 g/mol. The lowest BCUT2D eigenvalue weighted by atomic mass is 10.1. The van der Waals surface area contributed by atoms with E-state index in [1.54, 1.807) is 6.08 Å². The molecule has 0 bridgehead atoms. The largest absolute Gasteiger partial charge is 0.478 e. The van der Waals surface area contributed by atoms with Crippen molar-refractivity contribution in [2.75, 3.05) is 4.90 Å². The number of anilines is 3. The molecule has 0 aliphatic rings. The van der Waals surface area contributed by atoms with Gasteiger partial charge in [0.2, 0.25) is 0 Å². The molecule has 4 aromatic rings. The molecule has 0 saturated heterocycles. The smallest absolute Gasteiger partial charge is 0.328 e. The van der Waals surface area contributed by atoms with Crippen LogP contribution in [0.2, 0.25) is 0 Å². The number of carboxylic acids is 1. The number of aliphatic carboxylic acids is 1. The second-order valence-electron chi connectivity index (χ2n) is 8.27. The molecule has 0 unspecified atom stereocenters. The highest BCUT2D eigenvalue weighted by Crippen LogP contribution is 2.34. The summed E-state index contributed by atoms with van der Waals surface area (Å²) in [6.07, 6.45) is 6.86. The van der Waals surface area contributed by atoms with Crippen LogP contribution in [0, 0.1) is 13.8 Å². The van der Waals surface area contributed by atoms with Crippen LogP contribution in [0.25, 0.3) is 18.2 Å². The molecule has 3 nitrogen and oxygen atoms in total. The summed E-state index contributed by atoms with van der Waals surface area (Å²) in [5, 5.41) is 8.74. The normalized spacial score (nSPS) is 11.2. The fourth-order valence-electron chi connectivity index (χ4n) is 3.65. The zero-order valence-corrected chi connectivity index (χ0v) is 19.3. The summed E-state index contributed by atoms with van der Waals surface area (Å²) in [5.74, 6) is -0.948. The van der Waals surface area contributed by atoms with E-state index in [9.17, 15) is 4.79 Å². The van der Waals surface area contributed by atoms with Gasteiger partial charge in [0.1, 0.15) is 0 Å². The second-order valence-corrected chi connectivity index (χ2v) is 8.27. The summed E-state index contributed by atoms with van der Waals surface area (Å²) in [4.78, 5) is 12.9. The predicted molar refractivity (Wildman–Crippen MR) is 143 cm³/mol. The minimum Gasteiger partial charge on any atom is -0.478 e. The number of carbonyl (C=O) groups is 1. The maximum absolute atomic E-state index is 10.7. The molecule has 0 atom stereocenters. The molecule has 0 radical (unpaired) electrons. The van der Waals surface area contributed by atoms with Crippen molar-refractivity contribution in [2.45, 2.75) is 13.8 Å². The maximum atomic E-state index is 10.7. The molecule has 3 heteroatoms. The molecule has 1 N–H and O–H groups in total. The van der Waals surface area contributed by atoms with Gasteiger partial charge in [0, 0.05) is 23.1 Å². The zero-order chi connectivity index (χ0) is 23.9. The van der Waals surface area contributed by atoms with E-state index in [2.05, 4.69) is 104 Å². The van der Waals surface area contributed by atoms with Crippen molar-refractivity contribution in [1.29, 1.82) is 0 Å². The van der Waals surface area contributed by atoms with Gasteiger partial charge in [-0.25, -0.2) is 4.79 Å². The first-order valence-electron chi connectivity index (χ1n) is 11.2. The van der Waals surface area contributed by atoms with Gasteiger partial charge in [-0.2, -0.15) is 0 Å². The molecule has 168 valence electrons. The highest BCUT2D eigenvalue weighted by atomic mass is 16.4. The second kappa shape index (κ2) is 10.5. The Bertz CT molecular complexity index is 1250. The highest BCUT2D eigenvalue weighted by molar-refractivity contribution is 5.85. The van der Waals surface area contributed by atoms with Crippen molar-refractivity contribution < 1.29 is 9.90 Å². The Morgan fingerprint density at radius 2 is 0.882 bits per heavy atom. The van der Waals surface area contributed by atoms with Crippen LogP contribution in [0.15, 0.2) is 103 Å². The van der Waals surface area contributed by atoms with Gasteiger partial charge in [0.05, 0.1) is 0 Å². The van der Waals surface area contributed by atoms with Gasteiger partial charge in [-0.15, -0.1) is 0 Å². The summed E-state index contributed by atoms with van der Waals surface area (Å²) >= 11 is 0.